The van der Waals surface area contributed by atoms with E-state index in [0.29, 0.717) is 17.9 Å². The van der Waals surface area contributed by atoms with Crippen molar-refractivity contribution in [2.45, 2.75) is 6.92 Å². The number of carbonyl (C=O) groups is 1. The molecule has 8 nitrogen and oxygen atoms in total. The number of benzene rings is 2. The second-order valence-corrected chi connectivity index (χ2v) is 5.97. The van der Waals surface area contributed by atoms with Gasteiger partial charge in [0.15, 0.2) is 0 Å². The number of rotatable bonds is 9. The van der Waals surface area contributed by atoms with E-state index in [9.17, 15) is 14.9 Å². The summed E-state index contributed by atoms with van der Waals surface area (Å²) in [6, 6.07) is 11.5. The van der Waals surface area contributed by atoms with Crippen LogP contribution in [0.15, 0.2) is 65.3 Å². The molecule has 0 amide bonds. The van der Waals surface area contributed by atoms with Gasteiger partial charge in [0.25, 0.3) is 5.69 Å². The smallest absolute Gasteiger partial charge is 0.330 e. The Morgan fingerprint density at radius 1 is 1.25 bits per heavy atom. The summed E-state index contributed by atoms with van der Waals surface area (Å²) in [4.78, 5) is 23.4. The molecule has 0 aliphatic heterocycles. The third-order valence-corrected chi connectivity index (χ3v) is 4.08. The molecule has 28 heavy (non-hydrogen) atoms. The molecule has 0 radical (unpaired) electrons. The minimum atomic E-state index is -0.556. The Hall–Kier alpha value is -3.26. The van der Waals surface area contributed by atoms with E-state index in [0.717, 1.165) is 18.3 Å². The molecule has 0 aromatic heterocycles. The maximum absolute atomic E-state index is 11.1. The number of esters is 1. The minimum Gasteiger partial charge on any atom is -0.461 e. The Morgan fingerprint density at radius 2 is 1.89 bits per heavy atom. The van der Waals surface area contributed by atoms with Gasteiger partial charge in [-0.2, -0.15) is 10.2 Å². The quantitative estimate of drug-likeness (QED) is 0.188. The third kappa shape index (κ3) is 5.88. The van der Waals surface area contributed by atoms with Crippen molar-refractivity contribution in [3.63, 3.8) is 0 Å². The van der Waals surface area contributed by atoms with E-state index in [1.165, 1.54) is 18.2 Å². The van der Waals surface area contributed by atoms with E-state index >= 15 is 0 Å². The zero-order valence-corrected chi connectivity index (χ0v) is 16.0. The summed E-state index contributed by atoms with van der Waals surface area (Å²) in [7, 11) is 0. The highest BCUT2D eigenvalue weighted by Gasteiger charge is 2.11. The van der Waals surface area contributed by atoms with Crippen LogP contribution in [0.2, 0.25) is 5.02 Å². The minimum absolute atomic E-state index is 0.00698. The molecule has 0 bridgehead atoms. The topological polar surface area (TPSA) is 97.4 Å². The number of ether oxygens (including phenoxy) is 1. The Balaban J connectivity index is 2.02. The molecule has 146 valence electrons. The van der Waals surface area contributed by atoms with Crippen LogP contribution in [0, 0.1) is 10.1 Å². The number of carbonyl (C=O) groups excluding carboxylic acids is 1. The normalized spacial score (nSPS) is 10.6. The zero-order valence-electron chi connectivity index (χ0n) is 15.2. The fourth-order valence-corrected chi connectivity index (χ4v) is 2.58. The molecule has 2 aromatic carbocycles. The number of nitro groups is 1. The highest BCUT2D eigenvalue weighted by Crippen LogP contribution is 2.29. The van der Waals surface area contributed by atoms with Gasteiger partial charge in [0.1, 0.15) is 11.6 Å². The molecule has 2 aromatic rings. The monoisotopic (exact) mass is 402 g/mol. The van der Waals surface area contributed by atoms with E-state index in [2.05, 4.69) is 16.8 Å². The van der Waals surface area contributed by atoms with Crippen LogP contribution in [0.25, 0.3) is 0 Å². The van der Waals surface area contributed by atoms with Crippen molar-refractivity contribution in [3.8, 4) is 0 Å². The maximum atomic E-state index is 11.1. The molecule has 0 saturated carbocycles. The van der Waals surface area contributed by atoms with Crippen LogP contribution >= 0.6 is 11.6 Å². The van der Waals surface area contributed by atoms with Gasteiger partial charge >= 0.3 is 5.97 Å². The number of hydrogen-bond donors (Lipinski definition) is 0. The van der Waals surface area contributed by atoms with Gasteiger partial charge in [0, 0.05) is 24.4 Å². The van der Waals surface area contributed by atoms with Crippen LogP contribution in [0.1, 0.15) is 6.92 Å². The van der Waals surface area contributed by atoms with Crippen molar-refractivity contribution in [1.29, 1.82) is 0 Å². The molecule has 9 heteroatoms. The van der Waals surface area contributed by atoms with Crippen LogP contribution < -0.4 is 4.90 Å². The standard InChI is InChI=1S/C19H19ClN4O4/c1-3-19(25)28-12-11-23(4-2)16-8-5-14(6-9-16)21-22-15-7-10-18(24(26)27)17(20)13-15/h3,5-10,13H,1,4,11-12H2,2H3. The lowest BCUT2D eigenvalue weighted by atomic mass is 10.2. The van der Waals surface area contributed by atoms with Gasteiger partial charge in [-0.1, -0.05) is 18.2 Å². The van der Waals surface area contributed by atoms with Gasteiger partial charge < -0.3 is 9.64 Å². The SMILES string of the molecule is C=CC(=O)OCCN(CC)c1ccc(N=Nc2ccc([N+](=O)[O-])c(Cl)c2)cc1. The number of likely N-dealkylation sites (N-methyl/N-ethyl adjacent to an activating group) is 1. The summed E-state index contributed by atoms with van der Waals surface area (Å²) in [5, 5.41) is 18.9. The molecular formula is C19H19ClN4O4. The molecule has 2 rings (SSSR count). The van der Waals surface area contributed by atoms with Crippen molar-refractivity contribution in [2.75, 3.05) is 24.6 Å². The van der Waals surface area contributed by atoms with E-state index in [1.54, 1.807) is 12.1 Å². The lowest BCUT2D eigenvalue weighted by Crippen LogP contribution is -2.27. The number of nitro benzene ring substituents is 1. The predicted octanol–water partition coefficient (Wildman–Crippen LogP) is 5.22. The summed E-state index contributed by atoms with van der Waals surface area (Å²) in [6.07, 6.45) is 1.13. The summed E-state index contributed by atoms with van der Waals surface area (Å²) < 4.78 is 5.00. The molecule has 0 aliphatic rings. The van der Waals surface area contributed by atoms with Crippen LogP contribution in [0.5, 0.6) is 0 Å². The number of hydrogen-bond acceptors (Lipinski definition) is 7. The highest BCUT2D eigenvalue weighted by atomic mass is 35.5. The summed E-state index contributed by atoms with van der Waals surface area (Å²) >= 11 is 5.86. The van der Waals surface area contributed by atoms with Crippen molar-refractivity contribution in [2.24, 2.45) is 10.2 Å². The Kier molecular flexibility index (Phi) is 7.65. The molecule has 0 fully saturated rings. The average molecular weight is 403 g/mol. The van der Waals surface area contributed by atoms with E-state index in [4.69, 9.17) is 16.3 Å². The second kappa shape index (κ2) is 10.2. The fraction of sp³-hybridized carbons (Fsp3) is 0.211. The first kappa shape index (κ1) is 21.0. The molecule has 0 atom stereocenters. The summed E-state index contributed by atoms with van der Waals surface area (Å²) in [5.41, 5.74) is 1.81. The molecule has 0 aliphatic carbocycles. The van der Waals surface area contributed by atoms with Gasteiger partial charge in [-0.05, 0) is 43.3 Å². The first-order chi connectivity index (χ1) is 13.4. The van der Waals surface area contributed by atoms with E-state index in [1.807, 2.05) is 24.0 Å². The molecule has 0 unspecified atom stereocenters. The van der Waals surface area contributed by atoms with Gasteiger partial charge in [-0.15, -0.1) is 0 Å². The van der Waals surface area contributed by atoms with Crippen LogP contribution in [-0.4, -0.2) is 30.6 Å². The largest absolute Gasteiger partial charge is 0.461 e. The first-order valence-corrected chi connectivity index (χ1v) is 8.82. The number of nitrogens with zero attached hydrogens (tertiary/aromatic N) is 4. The van der Waals surface area contributed by atoms with Gasteiger partial charge in [-0.3, -0.25) is 10.1 Å². The Bertz CT molecular complexity index is 884. The van der Waals surface area contributed by atoms with Crippen LogP contribution in [0.3, 0.4) is 0 Å². The zero-order chi connectivity index (χ0) is 20.5. The molecular weight excluding hydrogens is 384 g/mol. The molecule has 0 saturated heterocycles. The summed E-state index contributed by atoms with van der Waals surface area (Å²) in [5.74, 6) is -0.446. The van der Waals surface area contributed by atoms with Gasteiger partial charge in [0.05, 0.1) is 22.8 Å². The van der Waals surface area contributed by atoms with Crippen molar-refractivity contribution in [3.05, 3.63) is 70.3 Å². The first-order valence-electron chi connectivity index (χ1n) is 8.44. The Labute approximate surface area is 167 Å². The highest BCUT2D eigenvalue weighted by molar-refractivity contribution is 6.32. The molecule has 0 N–H and O–H groups in total. The van der Waals surface area contributed by atoms with E-state index < -0.39 is 10.9 Å². The third-order valence-electron chi connectivity index (χ3n) is 3.78. The average Bonchev–Trinajstić information content (AvgIpc) is 2.69. The second-order valence-electron chi connectivity index (χ2n) is 5.56. The lowest BCUT2D eigenvalue weighted by Gasteiger charge is -2.22. The van der Waals surface area contributed by atoms with Crippen molar-refractivity contribution >= 4 is 40.3 Å². The maximum Gasteiger partial charge on any atom is 0.330 e. The van der Waals surface area contributed by atoms with Crippen molar-refractivity contribution in [1.82, 2.24) is 0 Å². The Morgan fingerprint density at radius 3 is 2.46 bits per heavy atom. The van der Waals surface area contributed by atoms with E-state index in [-0.39, 0.29) is 17.3 Å². The van der Waals surface area contributed by atoms with Gasteiger partial charge in [-0.25, -0.2) is 4.79 Å². The predicted molar refractivity (Wildman–Crippen MR) is 108 cm³/mol. The van der Waals surface area contributed by atoms with Gasteiger partial charge in [0.2, 0.25) is 0 Å². The molecule has 0 spiro atoms. The van der Waals surface area contributed by atoms with Crippen molar-refractivity contribution < 1.29 is 14.5 Å². The molecule has 0 heterocycles. The number of azo groups is 1. The number of halogens is 1. The number of anilines is 1. The lowest BCUT2D eigenvalue weighted by molar-refractivity contribution is -0.384. The van der Waals surface area contributed by atoms with Crippen LogP contribution in [0.4, 0.5) is 22.7 Å². The fourth-order valence-electron chi connectivity index (χ4n) is 2.34. The van der Waals surface area contributed by atoms with Crippen LogP contribution in [-0.2, 0) is 9.53 Å². The summed E-state index contributed by atoms with van der Waals surface area (Å²) in [6.45, 7) is 6.92.